The molecule has 0 radical (unpaired) electrons. The van der Waals surface area contributed by atoms with Gasteiger partial charge in [0.15, 0.2) is 0 Å². The molecule has 1 aromatic rings. The number of hydrogen-bond acceptors (Lipinski definition) is 5. The highest BCUT2D eigenvalue weighted by Crippen LogP contribution is 2.42. The van der Waals surface area contributed by atoms with Crippen LogP contribution in [-0.2, 0) is 14.8 Å². The highest BCUT2D eigenvalue weighted by molar-refractivity contribution is 8.00. The van der Waals surface area contributed by atoms with Crippen molar-refractivity contribution in [3.8, 4) is 0 Å². The Labute approximate surface area is 126 Å². The molecule has 3 rings (SSSR count). The van der Waals surface area contributed by atoms with Crippen molar-refractivity contribution in [2.75, 3.05) is 25.4 Å². The standard InChI is InChI=1S/C11H14ClNO3S3/c12-9-1-2-10(18-9)19(14,15)13-5-3-11(4-6-13)16-7-8-17-11/h1-2H,3-8H2. The van der Waals surface area contributed by atoms with E-state index < -0.39 is 10.0 Å². The van der Waals surface area contributed by atoms with E-state index in [2.05, 4.69) is 0 Å². The first kappa shape index (κ1) is 14.2. The predicted octanol–water partition coefficient (Wildman–Crippen LogP) is 2.65. The van der Waals surface area contributed by atoms with Gasteiger partial charge in [-0.25, -0.2) is 8.42 Å². The second-order valence-electron chi connectivity index (χ2n) is 4.57. The SMILES string of the molecule is O=S(=O)(c1ccc(Cl)s1)N1CCC2(CC1)OCCS2. The summed E-state index contributed by atoms with van der Waals surface area (Å²) in [6.07, 6.45) is 1.52. The fourth-order valence-electron chi connectivity index (χ4n) is 2.42. The van der Waals surface area contributed by atoms with Crippen LogP contribution in [0.5, 0.6) is 0 Å². The summed E-state index contributed by atoms with van der Waals surface area (Å²) in [5.41, 5.74) is 0. The lowest BCUT2D eigenvalue weighted by Gasteiger charge is -2.36. The van der Waals surface area contributed by atoms with E-state index in [1.165, 1.54) is 0 Å². The smallest absolute Gasteiger partial charge is 0.252 e. The van der Waals surface area contributed by atoms with Crippen LogP contribution in [-0.4, -0.2) is 43.1 Å². The Kier molecular flexibility index (Phi) is 3.87. The number of halogens is 1. The van der Waals surface area contributed by atoms with Crippen molar-refractivity contribution in [3.05, 3.63) is 16.5 Å². The van der Waals surface area contributed by atoms with E-state index >= 15 is 0 Å². The number of sulfonamides is 1. The maximum atomic E-state index is 12.4. The van der Waals surface area contributed by atoms with Gasteiger partial charge in [-0.3, -0.25) is 0 Å². The van der Waals surface area contributed by atoms with E-state index in [1.54, 1.807) is 16.4 Å². The number of ether oxygens (including phenoxy) is 1. The molecule has 0 amide bonds. The molecule has 1 aromatic heterocycles. The van der Waals surface area contributed by atoms with Crippen LogP contribution in [0.25, 0.3) is 0 Å². The predicted molar refractivity (Wildman–Crippen MR) is 78.5 cm³/mol. The third-order valence-electron chi connectivity index (χ3n) is 3.44. The second-order valence-corrected chi connectivity index (χ2v) is 9.89. The van der Waals surface area contributed by atoms with Crippen molar-refractivity contribution in [2.24, 2.45) is 0 Å². The molecule has 19 heavy (non-hydrogen) atoms. The minimum atomic E-state index is -3.38. The number of piperidine rings is 1. The van der Waals surface area contributed by atoms with Crippen LogP contribution in [0.2, 0.25) is 4.34 Å². The van der Waals surface area contributed by atoms with Gasteiger partial charge in [-0.1, -0.05) is 11.6 Å². The molecule has 0 N–H and O–H groups in total. The number of thioether (sulfide) groups is 1. The molecular weight excluding hydrogens is 326 g/mol. The summed E-state index contributed by atoms with van der Waals surface area (Å²) in [7, 11) is -3.38. The van der Waals surface area contributed by atoms with Crippen molar-refractivity contribution < 1.29 is 13.2 Å². The first-order valence-corrected chi connectivity index (χ1v) is 9.67. The number of hydrogen-bond donors (Lipinski definition) is 0. The Morgan fingerprint density at radius 1 is 1.32 bits per heavy atom. The lowest BCUT2D eigenvalue weighted by Crippen LogP contribution is -2.44. The largest absolute Gasteiger partial charge is 0.363 e. The van der Waals surface area contributed by atoms with Crippen LogP contribution >= 0.6 is 34.7 Å². The Balaban J connectivity index is 1.74. The maximum absolute atomic E-state index is 12.4. The molecule has 2 fully saturated rings. The molecule has 2 aliphatic heterocycles. The minimum Gasteiger partial charge on any atom is -0.363 e. The van der Waals surface area contributed by atoms with E-state index in [0.717, 1.165) is 36.5 Å². The van der Waals surface area contributed by atoms with Gasteiger partial charge in [0.1, 0.15) is 9.14 Å². The summed E-state index contributed by atoms with van der Waals surface area (Å²) in [6, 6.07) is 3.20. The van der Waals surface area contributed by atoms with Gasteiger partial charge >= 0.3 is 0 Å². The van der Waals surface area contributed by atoms with Gasteiger partial charge in [-0.2, -0.15) is 4.31 Å². The third kappa shape index (κ3) is 2.69. The zero-order valence-electron chi connectivity index (χ0n) is 10.2. The lowest BCUT2D eigenvalue weighted by atomic mass is 10.1. The number of thiophene rings is 1. The first-order chi connectivity index (χ1) is 9.02. The Morgan fingerprint density at radius 3 is 2.58 bits per heavy atom. The normalized spacial score (nSPS) is 24.1. The van der Waals surface area contributed by atoms with E-state index in [4.69, 9.17) is 16.3 Å². The third-order valence-corrected chi connectivity index (χ3v) is 8.46. The summed E-state index contributed by atoms with van der Waals surface area (Å²) in [4.78, 5) is -0.140. The van der Waals surface area contributed by atoms with Crippen LogP contribution in [0.4, 0.5) is 0 Å². The summed E-state index contributed by atoms with van der Waals surface area (Å²) < 4.78 is 33.0. The maximum Gasteiger partial charge on any atom is 0.252 e. The highest BCUT2D eigenvalue weighted by Gasteiger charge is 2.42. The average molecular weight is 340 g/mol. The molecule has 2 aliphatic rings. The Morgan fingerprint density at radius 2 is 2.05 bits per heavy atom. The molecule has 0 aromatic carbocycles. The molecule has 0 bridgehead atoms. The van der Waals surface area contributed by atoms with Crippen LogP contribution in [0, 0.1) is 0 Å². The van der Waals surface area contributed by atoms with Gasteiger partial charge in [0.2, 0.25) is 0 Å². The second kappa shape index (κ2) is 5.20. The molecule has 0 atom stereocenters. The minimum absolute atomic E-state index is 0.140. The Bertz CT molecular complexity index is 555. The number of rotatable bonds is 2. The summed E-state index contributed by atoms with van der Waals surface area (Å²) >= 11 is 8.74. The highest BCUT2D eigenvalue weighted by atomic mass is 35.5. The fraction of sp³-hybridized carbons (Fsp3) is 0.636. The van der Waals surface area contributed by atoms with Gasteiger partial charge in [-0.15, -0.1) is 23.1 Å². The van der Waals surface area contributed by atoms with E-state index in [1.807, 2.05) is 11.8 Å². The summed E-state index contributed by atoms with van der Waals surface area (Å²) in [5.74, 6) is 1.01. The van der Waals surface area contributed by atoms with Crippen molar-refractivity contribution >= 4 is 44.7 Å². The Hall–Kier alpha value is 0.210. The van der Waals surface area contributed by atoms with Crippen molar-refractivity contribution in [1.29, 1.82) is 0 Å². The monoisotopic (exact) mass is 339 g/mol. The molecule has 8 heteroatoms. The van der Waals surface area contributed by atoms with Gasteiger partial charge in [0.05, 0.1) is 10.9 Å². The van der Waals surface area contributed by atoms with Crippen LogP contribution < -0.4 is 0 Å². The molecule has 1 spiro atoms. The number of nitrogens with zero attached hydrogens (tertiary/aromatic N) is 1. The topological polar surface area (TPSA) is 46.6 Å². The zero-order chi connectivity index (χ0) is 13.5. The fourth-order valence-corrected chi connectivity index (χ4v) is 6.67. The zero-order valence-corrected chi connectivity index (χ0v) is 13.4. The molecule has 0 aliphatic carbocycles. The lowest BCUT2D eigenvalue weighted by molar-refractivity contribution is 0.0162. The van der Waals surface area contributed by atoms with E-state index in [0.29, 0.717) is 21.6 Å². The van der Waals surface area contributed by atoms with E-state index in [-0.39, 0.29) is 4.93 Å². The average Bonchev–Trinajstić information content (AvgIpc) is 3.00. The quantitative estimate of drug-likeness (QED) is 0.831. The van der Waals surface area contributed by atoms with Gasteiger partial charge in [0, 0.05) is 18.8 Å². The molecule has 106 valence electrons. The van der Waals surface area contributed by atoms with Crippen LogP contribution in [0.1, 0.15) is 12.8 Å². The van der Waals surface area contributed by atoms with Gasteiger partial charge in [0.25, 0.3) is 10.0 Å². The van der Waals surface area contributed by atoms with Crippen LogP contribution in [0.15, 0.2) is 16.3 Å². The van der Waals surface area contributed by atoms with Gasteiger partial charge in [-0.05, 0) is 25.0 Å². The molecule has 2 saturated heterocycles. The van der Waals surface area contributed by atoms with Crippen molar-refractivity contribution in [2.45, 2.75) is 22.0 Å². The molecule has 3 heterocycles. The van der Waals surface area contributed by atoms with Crippen molar-refractivity contribution in [3.63, 3.8) is 0 Å². The van der Waals surface area contributed by atoms with Crippen LogP contribution in [0.3, 0.4) is 0 Å². The molecular formula is C11H14ClNO3S3. The molecule has 0 saturated carbocycles. The van der Waals surface area contributed by atoms with E-state index in [9.17, 15) is 8.42 Å². The first-order valence-electron chi connectivity index (χ1n) is 6.05. The van der Waals surface area contributed by atoms with Gasteiger partial charge < -0.3 is 4.74 Å². The molecule has 0 unspecified atom stereocenters. The van der Waals surface area contributed by atoms with Crippen molar-refractivity contribution in [1.82, 2.24) is 4.31 Å². The molecule has 4 nitrogen and oxygen atoms in total. The summed E-state index contributed by atoms with van der Waals surface area (Å²) in [6.45, 7) is 1.81. The summed E-state index contributed by atoms with van der Waals surface area (Å²) in [5, 5.41) is 0.